The molecule has 1 fully saturated rings. The van der Waals surface area contributed by atoms with Crippen molar-refractivity contribution in [2.45, 2.75) is 18.9 Å². The average molecular weight is 171 g/mol. The summed E-state index contributed by atoms with van der Waals surface area (Å²) in [6.45, 7) is 5.23. The van der Waals surface area contributed by atoms with E-state index in [1.807, 2.05) is 0 Å². The Kier molecular flexibility index (Phi) is 2.92. The van der Waals surface area contributed by atoms with Crippen LogP contribution in [0.25, 0.3) is 0 Å². The summed E-state index contributed by atoms with van der Waals surface area (Å²) in [5.41, 5.74) is 0. The second-order valence-electron chi connectivity index (χ2n) is 2.77. The van der Waals surface area contributed by atoms with Gasteiger partial charge in [-0.25, -0.2) is 0 Å². The minimum absolute atomic E-state index is 0.0606. The fraction of sp³-hybridized carbons (Fsp3) is 0.625. The van der Waals surface area contributed by atoms with Gasteiger partial charge < -0.3 is 0 Å². The molecule has 0 aromatic carbocycles. The monoisotopic (exact) mass is 170 g/mol. The van der Waals surface area contributed by atoms with E-state index in [0.29, 0.717) is 11.6 Å². The zero-order chi connectivity index (χ0) is 8.27. The summed E-state index contributed by atoms with van der Waals surface area (Å²) < 4.78 is 0. The molecule has 60 valence electrons. The van der Waals surface area contributed by atoms with Gasteiger partial charge in [-0.3, -0.25) is 4.90 Å². The molecule has 0 aliphatic carbocycles. The van der Waals surface area contributed by atoms with E-state index in [2.05, 4.69) is 17.5 Å². The van der Waals surface area contributed by atoms with E-state index >= 15 is 0 Å². The van der Waals surface area contributed by atoms with Crippen LogP contribution in [0.3, 0.4) is 0 Å². The molecule has 1 atom stereocenters. The van der Waals surface area contributed by atoms with E-state index in [1.165, 1.54) is 0 Å². The summed E-state index contributed by atoms with van der Waals surface area (Å²) in [6.07, 6.45) is 2.07. The fourth-order valence-electron chi connectivity index (χ4n) is 1.38. The normalized spacial score (nSPS) is 24.9. The summed E-state index contributed by atoms with van der Waals surface area (Å²) >= 11 is 5.63. The molecule has 2 nitrogen and oxygen atoms in total. The third-order valence-electron chi connectivity index (χ3n) is 1.89. The number of nitrogens with zero attached hydrogens (tertiary/aromatic N) is 2. The lowest BCUT2D eigenvalue weighted by Crippen LogP contribution is -2.29. The van der Waals surface area contributed by atoms with Gasteiger partial charge in [0, 0.05) is 11.6 Å². The molecule has 1 aliphatic rings. The minimum Gasteiger partial charge on any atom is -0.283 e. The van der Waals surface area contributed by atoms with Gasteiger partial charge in [0.1, 0.15) is 0 Å². The molecule has 0 amide bonds. The van der Waals surface area contributed by atoms with Gasteiger partial charge in [-0.15, -0.1) is 0 Å². The summed E-state index contributed by atoms with van der Waals surface area (Å²) in [4.78, 5) is 2.06. The van der Waals surface area contributed by atoms with Crippen LogP contribution in [0.5, 0.6) is 0 Å². The first kappa shape index (κ1) is 8.58. The molecule has 1 saturated heterocycles. The van der Waals surface area contributed by atoms with Crippen molar-refractivity contribution in [3.8, 4) is 6.07 Å². The Morgan fingerprint density at radius 3 is 3.09 bits per heavy atom. The van der Waals surface area contributed by atoms with Crippen LogP contribution >= 0.6 is 11.6 Å². The maximum absolute atomic E-state index is 8.68. The Hall–Kier alpha value is -0.520. The molecule has 1 rings (SSSR count). The molecule has 0 radical (unpaired) electrons. The van der Waals surface area contributed by atoms with Crippen molar-refractivity contribution in [1.82, 2.24) is 4.90 Å². The largest absolute Gasteiger partial charge is 0.283 e. The predicted octanol–water partition coefficient (Wildman–Crippen LogP) is 1.73. The van der Waals surface area contributed by atoms with Crippen LogP contribution in [0.2, 0.25) is 0 Å². The molecule has 0 N–H and O–H groups in total. The second-order valence-corrected chi connectivity index (χ2v) is 3.31. The third kappa shape index (κ3) is 2.21. The van der Waals surface area contributed by atoms with Crippen LogP contribution in [0.1, 0.15) is 12.8 Å². The molecule has 3 heteroatoms. The molecular weight excluding hydrogens is 160 g/mol. The molecule has 0 bridgehead atoms. The zero-order valence-electron chi connectivity index (χ0n) is 6.39. The molecule has 0 aromatic heterocycles. The Bertz CT molecular complexity index is 195. The van der Waals surface area contributed by atoms with Gasteiger partial charge in [0.25, 0.3) is 0 Å². The highest BCUT2D eigenvalue weighted by molar-refractivity contribution is 6.29. The SMILES string of the molecule is C=C(Cl)CN1CCCC1C#N. The zero-order valence-corrected chi connectivity index (χ0v) is 7.14. The minimum atomic E-state index is 0.0606. The van der Waals surface area contributed by atoms with E-state index < -0.39 is 0 Å². The summed E-state index contributed by atoms with van der Waals surface area (Å²) in [5, 5.41) is 9.30. The number of rotatable bonds is 2. The van der Waals surface area contributed by atoms with Crippen molar-refractivity contribution >= 4 is 11.6 Å². The first-order chi connectivity index (χ1) is 5.24. The number of likely N-dealkylation sites (tertiary alicyclic amines) is 1. The Morgan fingerprint density at radius 1 is 1.82 bits per heavy atom. The Morgan fingerprint density at radius 2 is 2.55 bits per heavy atom. The van der Waals surface area contributed by atoms with E-state index in [-0.39, 0.29) is 6.04 Å². The summed E-state index contributed by atoms with van der Waals surface area (Å²) in [6, 6.07) is 2.31. The quantitative estimate of drug-likeness (QED) is 0.631. The highest BCUT2D eigenvalue weighted by Crippen LogP contribution is 2.17. The van der Waals surface area contributed by atoms with Crippen LogP contribution < -0.4 is 0 Å². The molecule has 0 saturated carbocycles. The van der Waals surface area contributed by atoms with Gasteiger partial charge in [-0.05, 0) is 19.4 Å². The summed E-state index contributed by atoms with van der Waals surface area (Å²) in [5.74, 6) is 0. The van der Waals surface area contributed by atoms with Gasteiger partial charge >= 0.3 is 0 Å². The Balaban J connectivity index is 2.45. The Labute approximate surface area is 72.1 Å². The number of nitriles is 1. The van der Waals surface area contributed by atoms with E-state index in [4.69, 9.17) is 16.9 Å². The van der Waals surface area contributed by atoms with Crippen LogP contribution in [0.4, 0.5) is 0 Å². The number of hydrogen-bond acceptors (Lipinski definition) is 2. The van der Waals surface area contributed by atoms with Crippen LogP contribution in [-0.2, 0) is 0 Å². The summed E-state index contributed by atoms with van der Waals surface area (Å²) in [7, 11) is 0. The highest BCUT2D eigenvalue weighted by atomic mass is 35.5. The van der Waals surface area contributed by atoms with Crippen molar-refractivity contribution < 1.29 is 0 Å². The van der Waals surface area contributed by atoms with Gasteiger partial charge in [0.2, 0.25) is 0 Å². The van der Waals surface area contributed by atoms with Crippen molar-refractivity contribution in [3.05, 3.63) is 11.6 Å². The third-order valence-corrected chi connectivity index (χ3v) is 2.01. The maximum Gasteiger partial charge on any atom is 0.0981 e. The standard InChI is InChI=1S/C8H11ClN2/c1-7(9)6-11-4-2-3-8(11)5-10/h8H,1-4,6H2. The van der Waals surface area contributed by atoms with Crippen molar-refractivity contribution in [2.75, 3.05) is 13.1 Å². The molecule has 11 heavy (non-hydrogen) atoms. The fourth-order valence-corrected chi connectivity index (χ4v) is 1.54. The van der Waals surface area contributed by atoms with Gasteiger partial charge in [0.05, 0.1) is 12.1 Å². The smallest absolute Gasteiger partial charge is 0.0981 e. The molecular formula is C8H11ClN2. The average Bonchev–Trinajstić information content (AvgIpc) is 2.34. The molecule has 0 spiro atoms. The first-order valence-corrected chi connectivity index (χ1v) is 4.09. The highest BCUT2D eigenvalue weighted by Gasteiger charge is 2.23. The molecule has 1 unspecified atom stereocenters. The van der Waals surface area contributed by atoms with Crippen LogP contribution in [0, 0.1) is 11.3 Å². The van der Waals surface area contributed by atoms with E-state index in [1.54, 1.807) is 0 Å². The van der Waals surface area contributed by atoms with Crippen LogP contribution in [0.15, 0.2) is 11.6 Å². The number of halogens is 1. The van der Waals surface area contributed by atoms with Gasteiger partial charge in [-0.2, -0.15) is 5.26 Å². The lowest BCUT2D eigenvalue weighted by molar-refractivity contribution is 0.325. The predicted molar refractivity (Wildman–Crippen MR) is 45.2 cm³/mol. The van der Waals surface area contributed by atoms with E-state index in [9.17, 15) is 0 Å². The van der Waals surface area contributed by atoms with Crippen molar-refractivity contribution in [1.29, 1.82) is 5.26 Å². The van der Waals surface area contributed by atoms with Gasteiger partial charge in [-0.1, -0.05) is 18.2 Å². The lowest BCUT2D eigenvalue weighted by atomic mass is 10.2. The lowest BCUT2D eigenvalue weighted by Gasteiger charge is -2.17. The van der Waals surface area contributed by atoms with Crippen LogP contribution in [-0.4, -0.2) is 24.0 Å². The van der Waals surface area contributed by atoms with E-state index in [0.717, 1.165) is 19.4 Å². The maximum atomic E-state index is 8.68. The van der Waals surface area contributed by atoms with Gasteiger partial charge in [0.15, 0.2) is 0 Å². The van der Waals surface area contributed by atoms with Crippen molar-refractivity contribution in [2.24, 2.45) is 0 Å². The topological polar surface area (TPSA) is 27.0 Å². The molecule has 1 aliphatic heterocycles. The second kappa shape index (κ2) is 3.75. The number of hydrogen-bond donors (Lipinski definition) is 0. The van der Waals surface area contributed by atoms with Crippen molar-refractivity contribution in [3.63, 3.8) is 0 Å². The first-order valence-electron chi connectivity index (χ1n) is 3.71. The molecule has 1 heterocycles. The molecule has 0 aromatic rings.